The van der Waals surface area contributed by atoms with Gasteiger partial charge in [0.1, 0.15) is 18.4 Å². The van der Waals surface area contributed by atoms with Gasteiger partial charge in [0, 0.05) is 0 Å². The van der Waals surface area contributed by atoms with Gasteiger partial charge in [0.15, 0.2) is 0 Å². The fourth-order valence-electron chi connectivity index (χ4n) is 1.75. The molecular weight excluding hydrogens is 280 g/mol. The van der Waals surface area contributed by atoms with Crippen LogP contribution in [0.15, 0.2) is 72.4 Å². The molecule has 108 valence electrons. The molecule has 0 radical (unpaired) electrons. The Morgan fingerprint density at radius 3 is 2.36 bits per heavy atom. The highest BCUT2D eigenvalue weighted by Crippen LogP contribution is 2.13. The molecule has 0 atom stereocenters. The first kappa shape index (κ1) is 13.7. The second-order valence-corrected chi connectivity index (χ2v) is 4.41. The van der Waals surface area contributed by atoms with Crippen LogP contribution in [0.25, 0.3) is 0 Å². The van der Waals surface area contributed by atoms with E-state index in [1.54, 1.807) is 42.6 Å². The molecular formula is C16H12N4O2. The van der Waals surface area contributed by atoms with Crippen molar-refractivity contribution in [2.45, 2.75) is 0 Å². The van der Waals surface area contributed by atoms with Gasteiger partial charge >= 0.3 is 5.97 Å². The topological polar surface area (TPSA) is 69.4 Å². The Hall–Kier alpha value is -3.28. The van der Waals surface area contributed by atoms with Gasteiger partial charge in [-0.3, -0.25) is 0 Å². The molecule has 6 heteroatoms. The molecule has 0 aliphatic rings. The van der Waals surface area contributed by atoms with Gasteiger partial charge in [-0.25, -0.2) is 9.47 Å². The molecule has 0 saturated heterocycles. The molecule has 0 amide bonds. The van der Waals surface area contributed by atoms with E-state index < -0.39 is 0 Å². The predicted octanol–water partition coefficient (Wildman–Crippen LogP) is 2.38. The lowest BCUT2D eigenvalue weighted by atomic mass is 10.2. The molecule has 2 aromatic carbocycles. The zero-order valence-corrected chi connectivity index (χ0v) is 11.5. The van der Waals surface area contributed by atoms with E-state index in [4.69, 9.17) is 4.74 Å². The van der Waals surface area contributed by atoms with Crippen LogP contribution in [0.2, 0.25) is 0 Å². The monoisotopic (exact) mass is 292 g/mol. The molecule has 0 aliphatic carbocycles. The Kier molecular flexibility index (Phi) is 4.01. The number of carbonyl (C=O) groups excluding carboxylic acids is 1. The third-order valence-electron chi connectivity index (χ3n) is 2.85. The number of hydrogen-bond acceptors (Lipinski definition) is 5. The summed E-state index contributed by atoms with van der Waals surface area (Å²) < 4.78 is 6.79. The van der Waals surface area contributed by atoms with Crippen molar-refractivity contribution in [2.24, 2.45) is 5.10 Å². The summed E-state index contributed by atoms with van der Waals surface area (Å²) in [5.74, 6) is 0.0989. The molecule has 3 aromatic rings. The summed E-state index contributed by atoms with van der Waals surface area (Å²) in [4.78, 5) is 11.9. The zero-order chi connectivity index (χ0) is 15.2. The molecule has 0 spiro atoms. The lowest BCUT2D eigenvalue weighted by Gasteiger charge is -2.04. The van der Waals surface area contributed by atoms with Crippen LogP contribution in [0.5, 0.6) is 5.75 Å². The maximum atomic E-state index is 11.9. The summed E-state index contributed by atoms with van der Waals surface area (Å²) in [5, 5.41) is 11.4. The van der Waals surface area contributed by atoms with Crippen molar-refractivity contribution >= 4 is 12.2 Å². The number of carbonyl (C=O) groups is 1. The molecule has 0 saturated carbocycles. The van der Waals surface area contributed by atoms with Gasteiger partial charge < -0.3 is 4.74 Å². The molecule has 0 unspecified atom stereocenters. The highest BCUT2D eigenvalue weighted by atomic mass is 16.5. The van der Waals surface area contributed by atoms with Crippen LogP contribution in [-0.2, 0) is 0 Å². The molecule has 0 aliphatic heterocycles. The summed E-state index contributed by atoms with van der Waals surface area (Å²) in [6.07, 6.45) is 4.64. The quantitative estimate of drug-likeness (QED) is 0.420. The van der Waals surface area contributed by atoms with E-state index >= 15 is 0 Å². The normalized spacial score (nSPS) is 10.7. The van der Waals surface area contributed by atoms with Gasteiger partial charge in [-0.15, -0.1) is 10.2 Å². The number of esters is 1. The summed E-state index contributed by atoms with van der Waals surface area (Å²) in [6.45, 7) is 0. The van der Waals surface area contributed by atoms with Crippen LogP contribution >= 0.6 is 0 Å². The lowest BCUT2D eigenvalue weighted by molar-refractivity contribution is 0.0735. The highest BCUT2D eigenvalue weighted by Gasteiger charge is 2.07. The zero-order valence-electron chi connectivity index (χ0n) is 11.5. The third-order valence-corrected chi connectivity index (χ3v) is 2.85. The Bertz CT molecular complexity index is 766. The number of rotatable bonds is 4. The fourth-order valence-corrected chi connectivity index (χ4v) is 1.75. The minimum atomic E-state index is -0.383. The van der Waals surface area contributed by atoms with Crippen LogP contribution in [0, 0.1) is 0 Å². The highest BCUT2D eigenvalue weighted by molar-refractivity contribution is 5.91. The molecule has 22 heavy (non-hydrogen) atoms. The number of ether oxygens (including phenoxy) is 1. The van der Waals surface area contributed by atoms with Crippen LogP contribution in [0.4, 0.5) is 0 Å². The van der Waals surface area contributed by atoms with Crippen LogP contribution in [0.1, 0.15) is 15.9 Å². The van der Waals surface area contributed by atoms with E-state index in [-0.39, 0.29) is 5.97 Å². The molecule has 3 rings (SSSR count). The largest absolute Gasteiger partial charge is 0.423 e. The van der Waals surface area contributed by atoms with E-state index in [0.29, 0.717) is 11.3 Å². The van der Waals surface area contributed by atoms with Gasteiger partial charge in [-0.2, -0.15) is 5.10 Å². The van der Waals surface area contributed by atoms with Crippen molar-refractivity contribution in [3.63, 3.8) is 0 Å². The number of aromatic nitrogens is 3. The summed E-state index contributed by atoms with van der Waals surface area (Å²) in [7, 11) is 0. The Balaban J connectivity index is 1.65. The Morgan fingerprint density at radius 2 is 1.68 bits per heavy atom. The minimum Gasteiger partial charge on any atom is -0.423 e. The number of hydrogen-bond donors (Lipinski definition) is 0. The number of benzene rings is 2. The van der Waals surface area contributed by atoms with E-state index in [2.05, 4.69) is 15.3 Å². The minimum absolute atomic E-state index is 0.383. The second kappa shape index (κ2) is 6.45. The average Bonchev–Trinajstić information content (AvgIpc) is 3.08. The summed E-state index contributed by atoms with van der Waals surface area (Å²) in [5.41, 5.74) is 1.38. The van der Waals surface area contributed by atoms with Crippen molar-refractivity contribution in [3.05, 3.63) is 78.4 Å². The van der Waals surface area contributed by atoms with Crippen molar-refractivity contribution in [1.82, 2.24) is 14.9 Å². The molecule has 1 aromatic heterocycles. The van der Waals surface area contributed by atoms with Gasteiger partial charge in [0.05, 0.1) is 11.8 Å². The smallest absolute Gasteiger partial charge is 0.343 e. The van der Waals surface area contributed by atoms with Crippen molar-refractivity contribution in [3.8, 4) is 5.75 Å². The SMILES string of the molecule is O=C(Oc1ccc(/C=N/n2cnnc2)cc1)c1ccccc1. The van der Waals surface area contributed by atoms with Gasteiger partial charge in [0.25, 0.3) is 0 Å². The Labute approximate surface area is 126 Å². The van der Waals surface area contributed by atoms with Crippen LogP contribution in [0.3, 0.4) is 0 Å². The first-order valence-corrected chi connectivity index (χ1v) is 6.57. The van der Waals surface area contributed by atoms with Gasteiger partial charge in [-0.05, 0) is 42.0 Å². The van der Waals surface area contributed by atoms with Crippen molar-refractivity contribution in [1.29, 1.82) is 0 Å². The fraction of sp³-hybridized carbons (Fsp3) is 0. The average molecular weight is 292 g/mol. The van der Waals surface area contributed by atoms with Gasteiger partial charge in [-0.1, -0.05) is 18.2 Å². The van der Waals surface area contributed by atoms with E-state index in [1.807, 2.05) is 18.2 Å². The van der Waals surface area contributed by atoms with E-state index in [1.165, 1.54) is 17.3 Å². The van der Waals surface area contributed by atoms with Crippen molar-refractivity contribution < 1.29 is 9.53 Å². The first-order chi connectivity index (χ1) is 10.8. The molecule has 0 N–H and O–H groups in total. The molecule has 0 fully saturated rings. The maximum Gasteiger partial charge on any atom is 0.343 e. The second-order valence-electron chi connectivity index (χ2n) is 4.41. The summed E-state index contributed by atoms with van der Waals surface area (Å²) in [6, 6.07) is 15.9. The van der Waals surface area contributed by atoms with Crippen LogP contribution < -0.4 is 4.74 Å². The van der Waals surface area contributed by atoms with E-state index in [0.717, 1.165) is 5.56 Å². The Morgan fingerprint density at radius 1 is 1.00 bits per heavy atom. The lowest BCUT2D eigenvalue weighted by Crippen LogP contribution is -2.08. The van der Waals surface area contributed by atoms with Crippen LogP contribution in [-0.4, -0.2) is 27.1 Å². The molecule has 1 heterocycles. The summed E-state index contributed by atoms with van der Waals surface area (Å²) >= 11 is 0. The number of nitrogens with zero attached hydrogens (tertiary/aromatic N) is 4. The molecule has 6 nitrogen and oxygen atoms in total. The standard InChI is InChI=1S/C16H12N4O2/c21-16(14-4-2-1-3-5-14)22-15-8-6-13(7-9-15)10-19-20-11-17-18-12-20/h1-12H/b19-10+. The first-order valence-electron chi connectivity index (χ1n) is 6.57. The van der Waals surface area contributed by atoms with Gasteiger partial charge in [0.2, 0.25) is 0 Å². The predicted molar refractivity (Wildman–Crippen MR) is 80.9 cm³/mol. The maximum absolute atomic E-state index is 11.9. The third kappa shape index (κ3) is 3.43. The van der Waals surface area contributed by atoms with E-state index in [9.17, 15) is 4.79 Å². The molecule has 0 bridgehead atoms. The van der Waals surface area contributed by atoms with Crippen molar-refractivity contribution in [2.75, 3.05) is 0 Å².